The lowest BCUT2D eigenvalue weighted by atomic mass is 10.0. The first kappa shape index (κ1) is 15.3. The normalized spacial score (nSPS) is 27.0. The van der Waals surface area contributed by atoms with Crippen LogP contribution in [-0.4, -0.2) is 30.1 Å². The first-order valence-electron chi connectivity index (χ1n) is 8.09. The summed E-state index contributed by atoms with van der Waals surface area (Å²) in [4.78, 5) is 2.50. The lowest BCUT2D eigenvalue weighted by molar-refractivity contribution is 0.108. The third-order valence-corrected chi connectivity index (χ3v) is 5.20. The van der Waals surface area contributed by atoms with Crippen LogP contribution in [-0.2, 0) is 6.54 Å². The van der Waals surface area contributed by atoms with E-state index in [9.17, 15) is 4.39 Å². The number of nitrogens with zero attached hydrogens (tertiary/aromatic N) is 1. The highest BCUT2D eigenvalue weighted by Crippen LogP contribution is 2.35. The molecular weight excluding hydrogens is 287 g/mol. The molecule has 2 unspecified atom stereocenters. The van der Waals surface area contributed by atoms with Gasteiger partial charge >= 0.3 is 0 Å². The monoisotopic (exact) mass is 310 g/mol. The Morgan fingerprint density at radius 2 is 2.19 bits per heavy atom. The molecule has 116 valence electrons. The summed E-state index contributed by atoms with van der Waals surface area (Å²) in [5.41, 5.74) is 0.911. The van der Waals surface area contributed by atoms with Gasteiger partial charge in [0, 0.05) is 31.7 Å². The fourth-order valence-corrected chi connectivity index (χ4v) is 3.58. The molecule has 3 rings (SSSR count). The molecular formula is C17H24ClFN2. The van der Waals surface area contributed by atoms with Crippen molar-refractivity contribution in [2.24, 2.45) is 5.92 Å². The number of hydrogen-bond donors (Lipinski definition) is 1. The van der Waals surface area contributed by atoms with Crippen molar-refractivity contribution in [1.82, 2.24) is 10.2 Å². The molecule has 2 nitrogen and oxygen atoms in total. The maximum Gasteiger partial charge on any atom is 0.142 e. The Balaban J connectivity index is 1.73. The highest BCUT2D eigenvalue weighted by molar-refractivity contribution is 6.31. The third kappa shape index (κ3) is 3.58. The summed E-state index contributed by atoms with van der Waals surface area (Å²) in [7, 11) is 0. The van der Waals surface area contributed by atoms with Gasteiger partial charge in [-0.2, -0.15) is 0 Å². The van der Waals surface area contributed by atoms with E-state index in [4.69, 9.17) is 11.6 Å². The lowest BCUT2D eigenvalue weighted by Crippen LogP contribution is -2.56. The van der Waals surface area contributed by atoms with Crippen LogP contribution in [0.2, 0.25) is 5.02 Å². The molecule has 1 aliphatic heterocycles. The minimum absolute atomic E-state index is 0.286. The van der Waals surface area contributed by atoms with Crippen LogP contribution >= 0.6 is 11.6 Å². The summed E-state index contributed by atoms with van der Waals surface area (Å²) >= 11 is 6.13. The van der Waals surface area contributed by atoms with Gasteiger partial charge in [-0.3, -0.25) is 4.90 Å². The van der Waals surface area contributed by atoms with Gasteiger partial charge in [0.2, 0.25) is 0 Å². The summed E-state index contributed by atoms with van der Waals surface area (Å²) in [5, 5.41) is 4.00. The Hall–Kier alpha value is -0.640. The van der Waals surface area contributed by atoms with Gasteiger partial charge < -0.3 is 5.32 Å². The summed E-state index contributed by atoms with van der Waals surface area (Å²) in [5.74, 6) is 0.535. The average molecular weight is 311 g/mol. The fourth-order valence-electron chi connectivity index (χ4n) is 3.40. The number of nitrogens with one attached hydrogen (secondary N) is 1. The maximum absolute atomic E-state index is 13.6. The number of benzene rings is 1. The summed E-state index contributed by atoms with van der Waals surface area (Å²) < 4.78 is 13.6. The molecule has 21 heavy (non-hydrogen) atoms. The minimum Gasteiger partial charge on any atom is -0.311 e. The van der Waals surface area contributed by atoms with Gasteiger partial charge in [-0.1, -0.05) is 37.1 Å². The average Bonchev–Trinajstić information content (AvgIpc) is 3.30. The van der Waals surface area contributed by atoms with Crippen LogP contribution in [0.1, 0.15) is 38.2 Å². The standard InChI is InChI=1S/C17H24ClFN2/c1-2-4-14-9-20-16(12-7-8-12)11-21(14)10-13-5-3-6-15(19)17(13)18/h3,5-6,12,14,16,20H,2,4,7-11H2,1H3. The van der Waals surface area contributed by atoms with E-state index in [-0.39, 0.29) is 10.8 Å². The van der Waals surface area contributed by atoms with Gasteiger partial charge in [0.15, 0.2) is 0 Å². The first-order valence-corrected chi connectivity index (χ1v) is 8.47. The van der Waals surface area contributed by atoms with Crippen molar-refractivity contribution in [1.29, 1.82) is 0 Å². The molecule has 1 saturated carbocycles. The van der Waals surface area contributed by atoms with Gasteiger partial charge in [0.1, 0.15) is 5.82 Å². The Kier molecular flexibility index (Phi) is 4.82. The van der Waals surface area contributed by atoms with E-state index in [0.717, 1.165) is 31.1 Å². The summed E-state index contributed by atoms with van der Waals surface area (Å²) in [6, 6.07) is 6.27. The van der Waals surface area contributed by atoms with E-state index in [1.165, 1.54) is 31.7 Å². The molecule has 0 amide bonds. The Morgan fingerprint density at radius 1 is 1.38 bits per heavy atom. The molecule has 1 heterocycles. The van der Waals surface area contributed by atoms with Crippen LogP contribution in [0.5, 0.6) is 0 Å². The predicted octanol–water partition coefficient (Wildman–Crippen LogP) is 3.83. The molecule has 1 saturated heterocycles. The number of rotatable bonds is 5. The Morgan fingerprint density at radius 3 is 2.90 bits per heavy atom. The van der Waals surface area contributed by atoms with Crippen molar-refractivity contribution in [3.63, 3.8) is 0 Å². The highest BCUT2D eigenvalue weighted by Gasteiger charge is 2.36. The van der Waals surface area contributed by atoms with Crippen LogP contribution in [0.3, 0.4) is 0 Å². The van der Waals surface area contributed by atoms with Crippen LogP contribution in [0.4, 0.5) is 4.39 Å². The molecule has 2 atom stereocenters. The topological polar surface area (TPSA) is 15.3 Å². The lowest BCUT2D eigenvalue weighted by Gasteiger charge is -2.41. The van der Waals surface area contributed by atoms with E-state index in [1.807, 2.05) is 6.07 Å². The zero-order valence-corrected chi connectivity index (χ0v) is 13.4. The predicted molar refractivity (Wildman–Crippen MR) is 85.0 cm³/mol. The first-order chi connectivity index (χ1) is 10.2. The second-order valence-corrected chi connectivity index (χ2v) is 6.82. The number of hydrogen-bond acceptors (Lipinski definition) is 2. The molecule has 2 aliphatic rings. The molecule has 1 aliphatic carbocycles. The van der Waals surface area contributed by atoms with Gasteiger partial charge in [0.05, 0.1) is 5.02 Å². The van der Waals surface area contributed by atoms with E-state index < -0.39 is 0 Å². The molecule has 0 bridgehead atoms. The van der Waals surface area contributed by atoms with E-state index in [0.29, 0.717) is 12.1 Å². The SMILES string of the molecule is CCCC1CNC(C2CC2)CN1Cc1cccc(F)c1Cl. The van der Waals surface area contributed by atoms with Crippen LogP contribution in [0.25, 0.3) is 0 Å². The number of piperazine rings is 1. The van der Waals surface area contributed by atoms with Crippen molar-refractivity contribution in [3.8, 4) is 0 Å². The minimum atomic E-state index is -0.310. The van der Waals surface area contributed by atoms with Crippen LogP contribution in [0.15, 0.2) is 18.2 Å². The van der Waals surface area contributed by atoms with E-state index in [1.54, 1.807) is 6.07 Å². The Labute approximate surface area is 131 Å². The molecule has 1 N–H and O–H groups in total. The van der Waals surface area contributed by atoms with Crippen molar-refractivity contribution in [2.75, 3.05) is 13.1 Å². The smallest absolute Gasteiger partial charge is 0.142 e. The second-order valence-electron chi connectivity index (χ2n) is 6.44. The second kappa shape index (κ2) is 6.64. The fraction of sp³-hybridized carbons (Fsp3) is 0.647. The zero-order chi connectivity index (χ0) is 14.8. The quantitative estimate of drug-likeness (QED) is 0.889. The molecule has 1 aromatic rings. The number of halogens is 2. The largest absolute Gasteiger partial charge is 0.311 e. The third-order valence-electron chi connectivity index (χ3n) is 4.78. The molecule has 0 aromatic heterocycles. The van der Waals surface area contributed by atoms with Crippen molar-refractivity contribution < 1.29 is 4.39 Å². The summed E-state index contributed by atoms with van der Waals surface area (Å²) in [6.07, 6.45) is 5.06. The zero-order valence-electron chi connectivity index (χ0n) is 12.6. The van der Waals surface area contributed by atoms with E-state index in [2.05, 4.69) is 17.1 Å². The van der Waals surface area contributed by atoms with Gasteiger partial charge in [-0.15, -0.1) is 0 Å². The van der Waals surface area contributed by atoms with Crippen LogP contribution in [0, 0.1) is 11.7 Å². The molecule has 4 heteroatoms. The van der Waals surface area contributed by atoms with Gasteiger partial charge in [-0.05, 0) is 36.8 Å². The molecule has 0 spiro atoms. The van der Waals surface area contributed by atoms with E-state index >= 15 is 0 Å². The van der Waals surface area contributed by atoms with Gasteiger partial charge in [-0.25, -0.2) is 4.39 Å². The maximum atomic E-state index is 13.6. The van der Waals surface area contributed by atoms with Crippen LogP contribution < -0.4 is 5.32 Å². The molecule has 2 fully saturated rings. The van der Waals surface area contributed by atoms with Crippen molar-refractivity contribution in [3.05, 3.63) is 34.6 Å². The molecule has 1 aromatic carbocycles. The van der Waals surface area contributed by atoms with Crippen molar-refractivity contribution in [2.45, 2.75) is 51.2 Å². The Bertz CT molecular complexity index is 490. The van der Waals surface area contributed by atoms with Gasteiger partial charge in [0.25, 0.3) is 0 Å². The van der Waals surface area contributed by atoms with Crippen molar-refractivity contribution >= 4 is 11.6 Å². The molecule has 0 radical (unpaired) electrons. The summed E-state index contributed by atoms with van der Waals surface area (Å²) in [6.45, 7) is 5.08. The highest BCUT2D eigenvalue weighted by atomic mass is 35.5.